The summed E-state index contributed by atoms with van der Waals surface area (Å²) in [5.41, 5.74) is 0.539. The van der Waals surface area contributed by atoms with E-state index in [0.717, 1.165) is 0 Å². The second-order valence-corrected chi connectivity index (χ2v) is 6.18. The number of hydrogen-bond acceptors (Lipinski definition) is 7. The van der Waals surface area contributed by atoms with Crippen LogP contribution in [0, 0.1) is 0 Å². The van der Waals surface area contributed by atoms with Crippen molar-refractivity contribution in [3.63, 3.8) is 0 Å². The van der Waals surface area contributed by atoms with Gasteiger partial charge < -0.3 is 23.8 Å². The Balaban J connectivity index is 2.67. The molecule has 1 aliphatic rings. The van der Waals surface area contributed by atoms with Gasteiger partial charge in [-0.25, -0.2) is 9.59 Å². The molecule has 0 saturated heterocycles. The SMILES string of the molecule is CCOc1c(Br)cc(Cl)cc1N1COCC(C(=O)OC)=C1C(=O)OC. The van der Waals surface area contributed by atoms with Crippen molar-refractivity contribution >= 4 is 45.2 Å². The van der Waals surface area contributed by atoms with Gasteiger partial charge in [0, 0.05) is 5.02 Å². The lowest BCUT2D eigenvalue weighted by atomic mass is 10.1. The third kappa shape index (κ3) is 4.08. The Morgan fingerprint density at radius 3 is 2.56 bits per heavy atom. The highest BCUT2D eigenvalue weighted by atomic mass is 79.9. The minimum Gasteiger partial charge on any atom is -0.490 e. The van der Waals surface area contributed by atoms with E-state index >= 15 is 0 Å². The van der Waals surface area contributed by atoms with Crippen molar-refractivity contribution in [2.24, 2.45) is 0 Å². The lowest BCUT2D eigenvalue weighted by Crippen LogP contribution is -2.39. The molecule has 0 spiro atoms. The number of carbonyl (C=O) groups excluding carboxylic acids is 2. The second-order valence-electron chi connectivity index (χ2n) is 4.88. The molecule has 1 aromatic rings. The van der Waals surface area contributed by atoms with Gasteiger partial charge in [-0.15, -0.1) is 0 Å². The van der Waals surface area contributed by atoms with E-state index in [1.807, 2.05) is 6.92 Å². The predicted molar refractivity (Wildman–Crippen MR) is 94.7 cm³/mol. The monoisotopic (exact) mass is 433 g/mol. The molecule has 9 heteroatoms. The first-order chi connectivity index (χ1) is 11.9. The topological polar surface area (TPSA) is 74.3 Å². The normalized spacial score (nSPS) is 14.4. The highest BCUT2D eigenvalue weighted by molar-refractivity contribution is 9.10. The van der Waals surface area contributed by atoms with Crippen LogP contribution in [0.15, 0.2) is 27.9 Å². The summed E-state index contributed by atoms with van der Waals surface area (Å²) in [7, 11) is 2.46. The molecule has 0 radical (unpaired) electrons. The Labute approximate surface area is 158 Å². The lowest BCUT2D eigenvalue weighted by Gasteiger charge is -2.32. The maximum Gasteiger partial charge on any atom is 0.355 e. The summed E-state index contributed by atoms with van der Waals surface area (Å²) in [6.07, 6.45) is 0. The van der Waals surface area contributed by atoms with E-state index in [1.54, 1.807) is 12.1 Å². The molecule has 25 heavy (non-hydrogen) atoms. The van der Waals surface area contributed by atoms with E-state index in [0.29, 0.717) is 27.5 Å². The molecule has 0 N–H and O–H groups in total. The number of anilines is 1. The Kier molecular flexibility index (Phi) is 6.69. The molecule has 0 bridgehead atoms. The number of ether oxygens (including phenoxy) is 4. The van der Waals surface area contributed by atoms with Crippen LogP contribution in [0.4, 0.5) is 5.69 Å². The third-order valence-electron chi connectivity index (χ3n) is 3.40. The Bertz CT molecular complexity index is 721. The molecule has 2 rings (SSSR count). The van der Waals surface area contributed by atoms with Crippen molar-refractivity contribution in [3.8, 4) is 5.75 Å². The van der Waals surface area contributed by atoms with Crippen LogP contribution in [-0.4, -0.2) is 46.1 Å². The molecule has 0 aromatic heterocycles. The zero-order valence-corrected chi connectivity index (χ0v) is 16.3. The maximum atomic E-state index is 12.3. The van der Waals surface area contributed by atoms with E-state index < -0.39 is 11.9 Å². The number of methoxy groups -OCH3 is 2. The predicted octanol–water partition coefficient (Wildman–Crippen LogP) is 2.90. The molecule has 0 unspecified atom stereocenters. The fraction of sp³-hybridized carbons (Fsp3) is 0.375. The van der Waals surface area contributed by atoms with Gasteiger partial charge in [-0.3, -0.25) is 0 Å². The third-order valence-corrected chi connectivity index (χ3v) is 4.21. The molecule has 0 amide bonds. The van der Waals surface area contributed by atoms with Gasteiger partial charge in [0.2, 0.25) is 0 Å². The first-order valence-corrected chi connectivity index (χ1v) is 8.48. The number of hydrogen-bond donors (Lipinski definition) is 0. The number of esters is 2. The van der Waals surface area contributed by atoms with E-state index in [4.69, 9.17) is 30.5 Å². The van der Waals surface area contributed by atoms with E-state index in [2.05, 4.69) is 15.9 Å². The molecule has 0 fully saturated rings. The van der Waals surface area contributed by atoms with Crippen LogP contribution in [0.2, 0.25) is 5.02 Å². The van der Waals surface area contributed by atoms with Crippen LogP contribution in [0.5, 0.6) is 5.75 Å². The molecule has 136 valence electrons. The molecular formula is C16H17BrClNO6. The standard InChI is InChI=1S/C16H17BrClNO6/c1-4-25-14-11(17)5-9(18)6-12(14)19-8-24-7-10(15(20)22-2)13(19)16(21)23-3/h5-6H,4,7-8H2,1-3H3. The van der Waals surface area contributed by atoms with Gasteiger partial charge >= 0.3 is 11.9 Å². The second kappa shape index (κ2) is 8.55. The van der Waals surface area contributed by atoms with Crippen LogP contribution in [0.25, 0.3) is 0 Å². The summed E-state index contributed by atoms with van der Waals surface area (Å²) < 4.78 is 21.3. The molecule has 1 aliphatic heterocycles. The summed E-state index contributed by atoms with van der Waals surface area (Å²) in [5, 5.41) is 0.416. The maximum absolute atomic E-state index is 12.3. The Morgan fingerprint density at radius 1 is 1.28 bits per heavy atom. The summed E-state index contributed by atoms with van der Waals surface area (Å²) in [6, 6.07) is 3.29. The number of carbonyl (C=O) groups is 2. The van der Waals surface area contributed by atoms with Crippen molar-refractivity contribution in [2.75, 3.05) is 39.1 Å². The van der Waals surface area contributed by atoms with Crippen molar-refractivity contribution in [3.05, 3.63) is 32.9 Å². The van der Waals surface area contributed by atoms with Crippen LogP contribution in [0.1, 0.15) is 6.92 Å². The average Bonchev–Trinajstić information content (AvgIpc) is 2.61. The molecule has 0 saturated carbocycles. The molecular weight excluding hydrogens is 418 g/mol. The lowest BCUT2D eigenvalue weighted by molar-refractivity contribution is -0.140. The summed E-state index contributed by atoms with van der Waals surface area (Å²) in [5.74, 6) is -0.908. The van der Waals surface area contributed by atoms with Crippen molar-refractivity contribution in [2.45, 2.75) is 6.92 Å². The fourth-order valence-electron chi connectivity index (χ4n) is 2.37. The molecule has 0 aliphatic carbocycles. The summed E-state index contributed by atoms with van der Waals surface area (Å²) in [6.45, 7) is 2.16. The number of nitrogens with zero attached hydrogens (tertiary/aromatic N) is 1. The van der Waals surface area contributed by atoms with Gasteiger partial charge in [0.1, 0.15) is 12.4 Å². The van der Waals surface area contributed by atoms with E-state index in [9.17, 15) is 9.59 Å². The van der Waals surface area contributed by atoms with Crippen LogP contribution in [0.3, 0.4) is 0 Å². The molecule has 1 aromatic carbocycles. The van der Waals surface area contributed by atoms with Crippen LogP contribution in [-0.2, 0) is 23.8 Å². The number of rotatable bonds is 5. The minimum absolute atomic E-state index is 0.0117. The smallest absolute Gasteiger partial charge is 0.355 e. The first kappa shape index (κ1) is 19.6. The van der Waals surface area contributed by atoms with Crippen LogP contribution < -0.4 is 9.64 Å². The van der Waals surface area contributed by atoms with Crippen molar-refractivity contribution in [1.29, 1.82) is 0 Å². The minimum atomic E-state index is -0.692. The summed E-state index contributed by atoms with van der Waals surface area (Å²) >= 11 is 9.55. The summed E-state index contributed by atoms with van der Waals surface area (Å²) in [4.78, 5) is 25.9. The zero-order valence-electron chi connectivity index (χ0n) is 13.9. The van der Waals surface area contributed by atoms with Crippen LogP contribution >= 0.6 is 27.5 Å². The molecule has 7 nitrogen and oxygen atoms in total. The van der Waals surface area contributed by atoms with Crippen molar-refractivity contribution in [1.82, 2.24) is 0 Å². The average molecular weight is 435 g/mol. The van der Waals surface area contributed by atoms with Gasteiger partial charge in [0.05, 0.1) is 43.2 Å². The van der Waals surface area contributed by atoms with Gasteiger partial charge in [0.15, 0.2) is 5.75 Å². The highest BCUT2D eigenvalue weighted by Crippen LogP contribution is 2.41. The Morgan fingerprint density at radius 2 is 1.96 bits per heavy atom. The van der Waals surface area contributed by atoms with Gasteiger partial charge in [0.25, 0.3) is 0 Å². The number of benzene rings is 1. The quantitative estimate of drug-likeness (QED) is 0.660. The first-order valence-electron chi connectivity index (χ1n) is 7.31. The largest absolute Gasteiger partial charge is 0.490 e. The zero-order chi connectivity index (χ0) is 18.6. The Hall–Kier alpha value is -1.77. The number of halogens is 2. The van der Waals surface area contributed by atoms with Gasteiger partial charge in [-0.1, -0.05) is 11.6 Å². The fourth-order valence-corrected chi connectivity index (χ4v) is 3.28. The van der Waals surface area contributed by atoms with Crippen molar-refractivity contribution < 1.29 is 28.5 Å². The van der Waals surface area contributed by atoms with Gasteiger partial charge in [-0.2, -0.15) is 0 Å². The van der Waals surface area contributed by atoms with E-state index in [-0.39, 0.29) is 24.6 Å². The van der Waals surface area contributed by atoms with Gasteiger partial charge in [-0.05, 0) is 35.0 Å². The van der Waals surface area contributed by atoms with E-state index in [1.165, 1.54) is 19.1 Å². The highest BCUT2D eigenvalue weighted by Gasteiger charge is 2.34. The molecule has 1 heterocycles. The molecule has 0 atom stereocenters.